The summed E-state index contributed by atoms with van der Waals surface area (Å²) in [6.45, 7) is 2.82. The molecule has 1 atom stereocenters. The number of rotatable bonds is 7. The molecule has 1 unspecified atom stereocenters. The SMILES string of the molecule is COC(=O)CC(C)N(CCO)CCO. The van der Waals surface area contributed by atoms with Crippen LogP contribution in [0, 0.1) is 0 Å². The van der Waals surface area contributed by atoms with Gasteiger partial charge in [0.15, 0.2) is 0 Å². The third-order valence-corrected chi connectivity index (χ3v) is 2.09. The van der Waals surface area contributed by atoms with Gasteiger partial charge in [-0.25, -0.2) is 0 Å². The van der Waals surface area contributed by atoms with Crippen LogP contribution in [0.5, 0.6) is 0 Å². The molecule has 0 saturated heterocycles. The summed E-state index contributed by atoms with van der Waals surface area (Å²) in [6, 6.07) is -0.0262. The minimum absolute atomic E-state index is 0.0194. The van der Waals surface area contributed by atoms with E-state index in [0.29, 0.717) is 13.1 Å². The van der Waals surface area contributed by atoms with Gasteiger partial charge in [0.05, 0.1) is 26.7 Å². The second kappa shape index (κ2) is 7.73. The first kappa shape index (κ1) is 13.4. The molecule has 0 rings (SSSR count). The number of methoxy groups -OCH3 is 1. The molecule has 5 heteroatoms. The van der Waals surface area contributed by atoms with Gasteiger partial charge in [0.1, 0.15) is 0 Å². The van der Waals surface area contributed by atoms with Gasteiger partial charge in [0, 0.05) is 19.1 Å². The number of hydrogen-bond donors (Lipinski definition) is 2. The normalized spacial score (nSPS) is 12.9. The van der Waals surface area contributed by atoms with Crippen molar-refractivity contribution in [3.05, 3.63) is 0 Å². The fourth-order valence-electron chi connectivity index (χ4n) is 1.26. The number of esters is 1. The lowest BCUT2D eigenvalue weighted by Crippen LogP contribution is -2.39. The smallest absolute Gasteiger partial charge is 0.307 e. The van der Waals surface area contributed by atoms with E-state index in [-0.39, 0.29) is 31.6 Å². The van der Waals surface area contributed by atoms with E-state index in [4.69, 9.17) is 10.2 Å². The van der Waals surface area contributed by atoms with E-state index in [1.807, 2.05) is 11.8 Å². The van der Waals surface area contributed by atoms with Crippen molar-refractivity contribution >= 4 is 5.97 Å². The lowest BCUT2D eigenvalue weighted by Gasteiger charge is -2.26. The first-order valence-electron chi connectivity index (χ1n) is 4.68. The molecule has 14 heavy (non-hydrogen) atoms. The Labute approximate surface area is 84.3 Å². The van der Waals surface area contributed by atoms with E-state index < -0.39 is 0 Å². The molecular weight excluding hydrogens is 186 g/mol. The van der Waals surface area contributed by atoms with Crippen molar-refractivity contribution in [3.63, 3.8) is 0 Å². The van der Waals surface area contributed by atoms with Crippen LogP contribution < -0.4 is 0 Å². The van der Waals surface area contributed by atoms with Crippen molar-refractivity contribution in [1.29, 1.82) is 0 Å². The predicted octanol–water partition coefficient (Wildman–Crippen LogP) is -0.775. The molecule has 0 aromatic carbocycles. The summed E-state index contributed by atoms with van der Waals surface area (Å²) < 4.78 is 4.54. The summed E-state index contributed by atoms with van der Waals surface area (Å²) in [4.78, 5) is 12.8. The van der Waals surface area contributed by atoms with E-state index in [1.54, 1.807) is 0 Å². The minimum atomic E-state index is -0.279. The van der Waals surface area contributed by atoms with Crippen LogP contribution in [0.15, 0.2) is 0 Å². The van der Waals surface area contributed by atoms with E-state index in [0.717, 1.165) is 0 Å². The molecule has 0 aliphatic carbocycles. The summed E-state index contributed by atoms with van der Waals surface area (Å²) >= 11 is 0. The predicted molar refractivity (Wildman–Crippen MR) is 51.8 cm³/mol. The van der Waals surface area contributed by atoms with Crippen LogP contribution in [0.25, 0.3) is 0 Å². The molecule has 0 fully saturated rings. The fourth-order valence-corrected chi connectivity index (χ4v) is 1.26. The molecule has 0 aliphatic rings. The third-order valence-electron chi connectivity index (χ3n) is 2.09. The van der Waals surface area contributed by atoms with Gasteiger partial charge in [0.25, 0.3) is 0 Å². The van der Waals surface area contributed by atoms with Crippen molar-refractivity contribution in [2.45, 2.75) is 19.4 Å². The molecule has 5 nitrogen and oxygen atoms in total. The van der Waals surface area contributed by atoms with E-state index in [9.17, 15) is 4.79 Å². The number of nitrogens with zero attached hydrogens (tertiary/aromatic N) is 1. The van der Waals surface area contributed by atoms with Crippen LogP contribution in [0.3, 0.4) is 0 Å². The minimum Gasteiger partial charge on any atom is -0.469 e. The molecule has 0 saturated carbocycles. The quantitative estimate of drug-likeness (QED) is 0.534. The Kier molecular flexibility index (Phi) is 7.37. The average molecular weight is 205 g/mol. The Balaban J connectivity index is 3.99. The number of carbonyl (C=O) groups excluding carboxylic acids is 1. The average Bonchev–Trinajstić information content (AvgIpc) is 2.17. The maximum atomic E-state index is 11.0. The highest BCUT2D eigenvalue weighted by atomic mass is 16.5. The van der Waals surface area contributed by atoms with E-state index in [1.165, 1.54) is 7.11 Å². The summed E-state index contributed by atoms with van der Waals surface area (Å²) in [7, 11) is 1.34. The van der Waals surface area contributed by atoms with Crippen LogP contribution in [0.1, 0.15) is 13.3 Å². The maximum Gasteiger partial charge on any atom is 0.307 e. The first-order chi connectivity index (χ1) is 6.65. The van der Waals surface area contributed by atoms with Crippen molar-refractivity contribution in [2.24, 2.45) is 0 Å². The lowest BCUT2D eigenvalue weighted by molar-refractivity contribution is -0.142. The fraction of sp³-hybridized carbons (Fsp3) is 0.889. The highest BCUT2D eigenvalue weighted by Crippen LogP contribution is 2.03. The molecular formula is C9H19NO4. The highest BCUT2D eigenvalue weighted by molar-refractivity contribution is 5.69. The second-order valence-corrected chi connectivity index (χ2v) is 3.11. The number of hydrogen-bond acceptors (Lipinski definition) is 5. The van der Waals surface area contributed by atoms with Gasteiger partial charge in [0.2, 0.25) is 0 Å². The summed E-state index contributed by atoms with van der Waals surface area (Å²) in [5.74, 6) is -0.279. The summed E-state index contributed by atoms with van der Waals surface area (Å²) in [6.07, 6.45) is 0.274. The number of carbonyl (C=O) groups is 1. The molecule has 0 radical (unpaired) electrons. The van der Waals surface area contributed by atoms with Crippen LogP contribution >= 0.6 is 0 Å². The molecule has 0 aliphatic heterocycles. The molecule has 0 spiro atoms. The Bertz CT molecular complexity index is 157. The summed E-state index contributed by atoms with van der Waals surface area (Å²) in [5, 5.41) is 17.5. The third kappa shape index (κ3) is 5.16. The maximum absolute atomic E-state index is 11.0. The summed E-state index contributed by atoms with van der Waals surface area (Å²) in [5.41, 5.74) is 0. The van der Waals surface area contributed by atoms with Gasteiger partial charge in [-0.2, -0.15) is 0 Å². The van der Waals surface area contributed by atoms with E-state index >= 15 is 0 Å². The van der Waals surface area contributed by atoms with Gasteiger partial charge >= 0.3 is 5.97 Å². The van der Waals surface area contributed by atoms with Crippen molar-refractivity contribution < 1.29 is 19.7 Å². The molecule has 2 N–H and O–H groups in total. The Hall–Kier alpha value is -0.650. The molecule has 0 heterocycles. The zero-order valence-electron chi connectivity index (χ0n) is 8.77. The van der Waals surface area contributed by atoms with Gasteiger partial charge in [-0.05, 0) is 6.92 Å². The first-order valence-corrected chi connectivity index (χ1v) is 4.68. The second-order valence-electron chi connectivity index (χ2n) is 3.11. The molecule has 0 aromatic heterocycles. The zero-order valence-corrected chi connectivity index (χ0v) is 8.77. The molecule has 0 bridgehead atoms. The van der Waals surface area contributed by atoms with Crippen LogP contribution in [0.4, 0.5) is 0 Å². The number of ether oxygens (including phenoxy) is 1. The standard InChI is InChI=1S/C9H19NO4/c1-8(7-9(13)14-2)10(3-5-11)4-6-12/h8,11-12H,3-7H2,1-2H3. The van der Waals surface area contributed by atoms with Gasteiger partial charge < -0.3 is 14.9 Å². The largest absolute Gasteiger partial charge is 0.469 e. The van der Waals surface area contributed by atoms with Gasteiger partial charge in [-0.3, -0.25) is 9.69 Å². The van der Waals surface area contributed by atoms with Crippen LogP contribution in [-0.4, -0.2) is 60.5 Å². The van der Waals surface area contributed by atoms with Gasteiger partial charge in [-0.15, -0.1) is 0 Å². The lowest BCUT2D eigenvalue weighted by atomic mass is 10.2. The van der Waals surface area contributed by atoms with Gasteiger partial charge in [-0.1, -0.05) is 0 Å². The van der Waals surface area contributed by atoms with Crippen molar-refractivity contribution in [3.8, 4) is 0 Å². The Morgan fingerprint density at radius 3 is 2.21 bits per heavy atom. The number of aliphatic hydroxyl groups excluding tert-OH is 2. The van der Waals surface area contributed by atoms with Crippen molar-refractivity contribution in [2.75, 3.05) is 33.4 Å². The monoisotopic (exact) mass is 205 g/mol. The topological polar surface area (TPSA) is 70.0 Å². The Morgan fingerprint density at radius 2 is 1.86 bits per heavy atom. The molecule has 0 amide bonds. The van der Waals surface area contributed by atoms with E-state index in [2.05, 4.69) is 4.74 Å². The Morgan fingerprint density at radius 1 is 1.36 bits per heavy atom. The van der Waals surface area contributed by atoms with Crippen LogP contribution in [-0.2, 0) is 9.53 Å². The zero-order chi connectivity index (χ0) is 11.0. The van der Waals surface area contributed by atoms with Crippen molar-refractivity contribution in [1.82, 2.24) is 4.90 Å². The molecule has 0 aromatic rings. The number of aliphatic hydroxyl groups is 2. The molecule has 84 valence electrons. The van der Waals surface area contributed by atoms with Crippen LogP contribution in [0.2, 0.25) is 0 Å². The highest BCUT2D eigenvalue weighted by Gasteiger charge is 2.16.